The predicted octanol–water partition coefficient (Wildman–Crippen LogP) is 3.44. The molecule has 2 rings (SSSR count). The van der Waals surface area contributed by atoms with Crippen molar-refractivity contribution in [2.24, 2.45) is 0 Å². The Morgan fingerprint density at radius 3 is 2.35 bits per heavy atom. The fourth-order valence-corrected chi connectivity index (χ4v) is 1.85. The third-order valence-corrected chi connectivity index (χ3v) is 3.20. The summed E-state index contributed by atoms with van der Waals surface area (Å²) in [5, 5.41) is 2.77. The number of carbonyl (C=O) groups excluding carboxylic acids is 1. The second kappa shape index (κ2) is 6.43. The van der Waals surface area contributed by atoms with Crippen LogP contribution in [0.15, 0.2) is 53.0 Å². The van der Waals surface area contributed by atoms with Crippen LogP contribution in [0.1, 0.15) is 6.92 Å². The highest BCUT2D eigenvalue weighted by Gasteiger charge is 2.14. The fraction of sp³-hybridized carbons (Fsp3) is 0.133. The molecule has 0 aromatic heterocycles. The van der Waals surface area contributed by atoms with Crippen LogP contribution >= 0.6 is 15.9 Å². The summed E-state index contributed by atoms with van der Waals surface area (Å²) in [7, 11) is 0. The maximum atomic E-state index is 12.0. The molecule has 0 fully saturated rings. The third-order valence-electron chi connectivity index (χ3n) is 2.67. The number of amides is 1. The summed E-state index contributed by atoms with van der Waals surface area (Å²) in [6.07, 6.45) is -0.589. The first-order valence-corrected chi connectivity index (χ1v) is 6.92. The van der Waals surface area contributed by atoms with Crippen molar-refractivity contribution >= 4 is 33.2 Å². The average molecular weight is 335 g/mol. The van der Waals surface area contributed by atoms with E-state index in [0.717, 1.165) is 4.47 Å². The minimum Gasteiger partial charge on any atom is -0.481 e. The first-order chi connectivity index (χ1) is 9.54. The highest BCUT2D eigenvalue weighted by Crippen LogP contribution is 2.18. The SMILES string of the molecule is CC(Oc1ccc(Br)cc1)C(=O)Nc1ccc(N)cc1. The van der Waals surface area contributed by atoms with E-state index in [1.54, 1.807) is 43.3 Å². The van der Waals surface area contributed by atoms with Gasteiger partial charge in [0.1, 0.15) is 5.75 Å². The van der Waals surface area contributed by atoms with Gasteiger partial charge < -0.3 is 15.8 Å². The normalized spacial score (nSPS) is 11.7. The maximum Gasteiger partial charge on any atom is 0.265 e. The number of carbonyl (C=O) groups is 1. The van der Waals surface area contributed by atoms with E-state index in [1.807, 2.05) is 12.1 Å². The molecule has 0 heterocycles. The van der Waals surface area contributed by atoms with Crippen LogP contribution < -0.4 is 15.8 Å². The molecule has 1 amide bonds. The van der Waals surface area contributed by atoms with E-state index < -0.39 is 6.10 Å². The summed E-state index contributed by atoms with van der Waals surface area (Å²) in [6, 6.07) is 14.3. The minimum absolute atomic E-state index is 0.210. The second-order valence-electron chi connectivity index (χ2n) is 4.33. The number of hydrogen-bond acceptors (Lipinski definition) is 3. The van der Waals surface area contributed by atoms with Gasteiger partial charge in [-0.2, -0.15) is 0 Å². The molecule has 0 bridgehead atoms. The number of nitrogens with one attached hydrogen (secondary N) is 1. The standard InChI is InChI=1S/C15H15BrN2O2/c1-10(20-14-8-2-11(16)3-9-14)15(19)18-13-6-4-12(17)5-7-13/h2-10H,17H2,1H3,(H,18,19). The van der Waals surface area contributed by atoms with E-state index >= 15 is 0 Å². The Morgan fingerprint density at radius 1 is 1.15 bits per heavy atom. The lowest BCUT2D eigenvalue weighted by Gasteiger charge is -2.14. The smallest absolute Gasteiger partial charge is 0.265 e. The van der Waals surface area contributed by atoms with E-state index in [0.29, 0.717) is 17.1 Å². The van der Waals surface area contributed by atoms with Crippen molar-refractivity contribution in [3.63, 3.8) is 0 Å². The lowest BCUT2D eigenvalue weighted by molar-refractivity contribution is -0.122. The van der Waals surface area contributed by atoms with Gasteiger partial charge in [0.25, 0.3) is 5.91 Å². The zero-order valence-electron chi connectivity index (χ0n) is 11.0. The van der Waals surface area contributed by atoms with E-state index in [-0.39, 0.29) is 5.91 Å². The van der Waals surface area contributed by atoms with Crippen LogP contribution in [0.3, 0.4) is 0 Å². The Morgan fingerprint density at radius 2 is 1.75 bits per heavy atom. The number of nitrogens with two attached hydrogens (primary N) is 1. The third kappa shape index (κ3) is 3.99. The number of nitrogen functional groups attached to an aromatic ring is 1. The summed E-state index contributed by atoms with van der Waals surface area (Å²) in [4.78, 5) is 12.0. The summed E-state index contributed by atoms with van der Waals surface area (Å²) < 4.78 is 6.53. The van der Waals surface area contributed by atoms with Gasteiger partial charge in [-0.25, -0.2) is 0 Å². The van der Waals surface area contributed by atoms with E-state index in [1.165, 1.54) is 0 Å². The first-order valence-electron chi connectivity index (χ1n) is 6.13. The van der Waals surface area contributed by atoms with Crippen molar-refractivity contribution in [1.29, 1.82) is 0 Å². The molecule has 2 aromatic rings. The molecule has 20 heavy (non-hydrogen) atoms. The highest BCUT2D eigenvalue weighted by atomic mass is 79.9. The summed E-state index contributed by atoms with van der Waals surface area (Å²) in [5.41, 5.74) is 6.94. The molecule has 104 valence electrons. The Balaban J connectivity index is 1.94. The van der Waals surface area contributed by atoms with E-state index in [4.69, 9.17) is 10.5 Å². The quantitative estimate of drug-likeness (QED) is 0.842. The number of ether oxygens (including phenoxy) is 1. The minimum atomic E-state index is -0.589. The van der Waals surface area contributed by atoms with Crippen molar-refractivity contribution in [2.75, 3.05) is 11.1 Å². The topological polar surface area (TPSA) is 64.3 Å². The zero-order chi connectivity index (χ0) is 14.5. The largest absolute Gasteiger partial charge is 0.481 e. The molecule has 1 atom stereocenters. The van der Waals surface area contributed by atoms with Gasteiger partial charge in [-0.05, 0) is 55.5 Å². The number of anilines is 2. The van der Waals surface area contributed by atoms with Gasteiger partial charge >= 0.3 is 0 Å². The molecule has 0 radical (unpaired) electrons. The van der Waals surface area contributed by atoms with Crippen molar-refractivity contribution in [3.05, 3.63) is 53.0 Å². The van der Waals surface area contributed by atoms with Gasteiger partial charge in [-0.15, -0.1) is 0 Å². The zero-order valence-corrected chi connectivity index (χ0v) is 12.6. The van der Waals surface area contributed by atoms with E-state index in [2.05, 4.69) is 21.2 Å². The molecule has 0 aliphatic heterocycles. The second-order valence-corrected chi connectivity index (χ2v) is 5.24. The molecular formula is C15H15BrN2O2. The Labute approximate surface area is 126 Å². The highest BCUT2D eigenvalue weighted by molar-refractivity contribution is 9.10. The van der Waals surface area contributed by atoms with Crippen LogP contribution in [0.4, 0.5) is 11.4 Å². The molecule has 0 aliphatic carbocycles. The summed E-state index contributed by atoms with van der Waals surface area (Å²) >= 11 is 3.35. The van der Waals surface area contributed by atoms with Gasteiger partial charge in [0.15, 0.2) is 6.10 Å². The first kappa shape index (κ1) is 14.4. The number of rotatable bonds is 4. The van der Waals surface area contributed by atoms with Gasteiger partial charge in [0.05, 0.1) is 0 Å². The van der Waals surface area contributed by atoms with Crippen molar-refractivity contribution in [2.45, 2.75) is 13.0 Å². The number of benzene rings is 2. The van der Waals surface area contributed by atoms with Crippen LogP contribution in [0.2, 0.25) is 0 Å². The lowest BCUT2D eigenvalue weighted by Crippen LogP contribution is -2.30. The molecule has 2 aromatic carbocycles. The Bertz CT molecular complexity index is 582. The molecule has 0 spiro atoms. The van der Waals surface area contributed by atoms with Crippen LogP contribution in [0.5, 0.6) is 5.75 Å². The van der Waals surface area contributed by atoms with E-state index in [9.17, 15) is 4.79 Å². The van der Waals surface area contributed by atoms with Crippen molar-refractivity contribution < 1.29 is 9.53 Å². The van der Waals surface area contributed by atoms with Gasteiger partial charge in [0, 0.05) is 15.8 Å². The summed E-state index contributed by atoms with van der Waals surface area (Å²) in [6.45, 7) is 1.70. The Kier molecular flexibility index (Phi) is 4.63. The predicted molar refractivity (Wildman–Crippen MR) is 83.7 cm³/mol. The van der Waals surface area contributed by atoms with Crippen molar-refractivity contribution in [1.82, 2.24) is 0 Å². The monoisotopic (exact) mass is 334 g/mol. The number of hydrogen-bond donors (Lipinski definition) is 2. The molecular weight excluding hydrogens is 320 g/mol. The molecule has 0 saturated carbocycles. The van der Waals surface area contributed by atoms with Crippen molar-refractivity contribution in [3.8, 4) is 5.75 Å². The van der Waals surface area contributed by atoms with Gasteiger partial charge in [-0.3, -0.25) is 4.79 Å². The van der Waals surface area contributed by atoms with Crippen LogP contribution in [0.25, 0.3) is 0 Å². The van der Waals surface area contributed by atoms with Gasteiger partial charge in [0.2, 0.25) is 0 Å². The van der Waals surface area contributed by atoms with Crippen LogP contribution in [-0.2, 0) is 4.79 Å². The number of halogens is 1. The lowest BCUT2D eigenvalue weighted by atomic mass is 10.2. The van der Waals surface area contributed by atoms with Crippen LogP contribution in [-0.4, -0.2) is 12.0 Å². The molecule has 0 saturated heterocycles. The average Bonchev–Trinajstić information content (AvgIpc) is 2.44. The molecule has 4 nitrogen and oxygen atoms in total. The maximum absolute atomic E-state index is 12.0. The molecule has 3 N–H and O–H groups in total. The van der Waals surface area contributed by atoms with Gasteiger partial charge in [-0.1, -0.05) is 15.9 Å². The van der Waals surface area contributed by atoms with Crippen LogP contribution in [0, 0.1) is 0 Å². The molecule has 0 aliphatic rings. The molecule has 5 heteroatoms. The fourth-order valence-electron chi connectivity index (χ4n) is 1.58. The summed E-state index contributed by atoms with van der Waals surface area (Å²) in [5.74, 6) is 0.436. The Hall–Kier alpha value is -2.01. The molecule has 1 unspecified atom stereocenters.